The van der Waals surface area contributed by atoms with Gasteiger partial charge in [-0.15, -0.1) is 11.3 Å². The molecule has 2 saturated heterocycles. The van der Waals surface area contributed by atoms with Crippen LogP contribution in [0.4, 0.5) is 24.5 Å². The average Bonchev–Trinajstić information content (AvgIpc) is 3.99. The maximum absolute atomic E-state index is 13.8. The van der Waals surface area contributed by atoms with E-state index in [1.165, 1.54) is 6.07 Å². The van der Waals surface area contributed by atoms with Crippen molar-refractivity contribution < 1.29 is 42.1 Å². The fourth-order valence-corrected chi connectivity index (χ4v) is 10.2. The topological polar surface area (TPSA) is 160 Å². The molecule has 0 unspecified atom stereocenters. The summed E-state index contributed by atoms with van der Waals surface area (Å²) in [7, 11) is 0. The number of aryl methyl sites for hydroxylation is 1. The molecule has 0 radical (unpaired) electrons. The van der Waals surface area contributed by atoms with Crippen molar-refractivity contribution in [2.45, 2.75) is 110 Å². The Morgan fingerprint density at radius 3 is 2.24 bits per heavy atom. The van der Waals surface area contributed by atoms with Gasteiger partial charge in [-0.05, 0) is 129 Å². The number of nitrogens with zero attached hydrogens (tertiary/aromatic N) is 5. The highest BCUT2D eigenvalue weighted by molar-refractivity contribution is 7.81. The number of thiocarbonyl (C=S) groups is 1. The number of likely N-dealkylation sites (tertiary alicyclic amines) is 1. The summed E-state index contributed by atoms with van der Waals surface area (Å²) in [5.74, 6) is -0.261. The smallest absolute Gasteiger partial charge is 0.417 e. The van der Waals surface area contributed by atoms with Crippen LogP contribution in [-0.2, 0) is 31.8 Å². The molecule has 2 aliphatic rings. The lowest BCUT2D eigenvalue weighted by Crippen LogP contribution is -2.54. The van der Waals surface area contributed by atoms with Crippen LogP contribution < -0.4 is 25.2 Å². The Morgan fingerprint density at radius 1 is 0.986 bits per heavy atom. The number of carbonyl (C=O) groups is 3. The van der Waals surface area contributed by atoms with Crippen molar-refractivity contribution in [3.05, 3.63) is 119 Å². The number of aliphatic hydroxyl groups excluding tert-OH is 1. The van der Waals surface area contributed by atoms with E-state index < -0.39 is 40.9 Å². The Kier molecular flexibility index (Phi) is 16.6. The quantitative estimate of drug-likeness (QED) is 0.0567. The predicted molar refractivity (Wildman–Crippen MR) is 276 cm³/mol. The SMILES string of the molecule is Cc1ncsc1-c1ccc(CNC(=O)[C@@H]2C[C@@H](O)CN2C[C@@H](NC(=O)CO[C@H](C)CCCOc2ccc(-c3ccc(N4C(=S)N(c5ccc(C#N)c(C(F)(F)F)c5)C(=O)C4(C)C)cc3)cc2)C(C)(C)C)cc1. The number of hydrogen-bond donors (Lipinski definition) is 3. The van der Waals surface area contributed by atoms with Crippen LogP contribution in [0.15, 0.2) is 96.5 Å². The van der Waals surface area contributed by atoms with Crippen molar-refractivity contribution in [3.63, 3.8) is 0 Å². The minimum atomic E-state index is -4.80. The summed E-state index contributed by atoms with van der Waals surface area (Å²) >= 11 is 7.28. The van der Waals surface area contributed by atoms with E-state index in [4.69, 9.17) is 21.7 Å². The molecule has 7 rings (SSSR count). The molecule has 1 aromatic heterocycles. The first-order chi connectivity index (χ1) is 34.0. The first kappa shape index (κ1) is 53.6. The standard InChI is InChI=1S/C54H60F3N7O6S2/c1-33(70-31-47(66)61-46(52(3,4)5)30-62-29-42(65)26-45(62)49(67)59-28-35-10-12-38(13-11-35)48-34(2)60-32-72-48)9-8-24-69-43-22-17-37(18-23-43)36-14-19-40(20-15-36)64-51(71)63(50(68)53(64,6)7)41-21-16-39(27-58)44(25-41)54(55,56)57/h10-23,25,32-33,42,45-46,65H,8-9,24,26,28-31H2,1-7H3,(H,59,67)(H,61,66)/t33-,42-,45+,46-/m1/s1. The number of nitriles is 1. The third kappa shape index (κ3) is 12.5. The van der Waals surface area contributed by atoms with Gasteiger partial charge in [0.05, 0.1) is 63.8 Å². The molecule has 72 heavy (non-hydrogen) atoms. The van der Waals surface area contributed by atoms with Gasteiger partial charge in [-0.25, -0.2) is 4.98 Å². The molecule has 3 N–H and O–H groups in total. The Morgan fingerprint density at radius 2 is 1.62 bits per heavy atom. The maximum Gasteiger partial charge on any atom is 0.417 e. The van der Waals surface area contributed by atoms with Gasteiger partial charge >= 0.3 is 6.18 Å². The van der Waals surface area contributed by atoms with E-state index in [9.17, 15) is 37.9 Å². The molecule has 0 aliphatic carbocycles. The summed E-state index contributed by atoms with van der Waals surface area (Å²) < 4.78 is 53.3. The molecule has 2 fully saturated rings. The van der Waals surface area contributed by atoms with Crippen LogP contribution in [0.2, 0.25) is 0 Å². The van der Waals surface area contributed by atoms with Gasteiger partial charge in [0.25, 0.3) is 5.91 Å². The van der Waals surface area contributed by atoms with Crippen molar-refractivity contribution in [2.24, 2.45) is 5.41 Å². The van der Waals surface area contributed by atoms with Gasteiger partial charge in [0.15, 0.2) is 5.11 Å². The lowest BCUT2D eigenvalue weighted by molar-refractivity contribution is -0.138. The third-order valence-electron chi connectivity index (χ3n) is 13.1. The van der Waals surface area contributed by atoms with E-state index in [1.54, 1.807) is 48.3 Å². The molecule has 0 saturated carbocycles. The molecule has 3 heterocycles. The number of alkyl halides is 3. The molecule has 2 aliphatic heterocycles. The zero-order valence-corrected chi connectivity index (χ0v) is 43.0. The monoisotopic (exact) mass is 1020 g/mol. The van der Waals surface area contributed by atoms with Crippen molar-refractivity contribution in [3.8, 4) is 33.4 Å². The fraction of sp³-hybridized carbons (Fsp3) is 0.407. The molecular formula is C54H60F3N7O6S2. The number of aromatic nitrogens is 1. The molecular weight excluding hydrogens is 964 g/mol. The van der Waals surface area contributed by atoms with E-state index in [-0.39, 0.29) is 46.8 Å². The Labute approximate surface area is 427 Å². The van der Waals surface area contributed by atoms with Gasteiger partial charge in [-0.3, -0.25) is 24.2 Å². The minimum Gasteiger partial charge on any atom is -0.494 e. The van der Waals surface area contributed by atoms with Crippen LogP contribution in [0.25, 0.3) is 21.6 Å². The molecule has 4 atom stereocenters. The van der Waals surface area contributed by atoms with Crippen molar-refractivity contribution >= 4 is 57.8 Å². The van der Waals surface area contributed by atoms with Crippen molar-refractivity contribution in [1.82, 2.24) is 20.5 Å². The van der Waals surface area contributed by atoms with Gasteiger partial charge in [-0.1, -0.05) is 69.3 Å². The number of aliphatic hydroxyl groups is 1. The van der Waals surface area contributed by atoms with E-state index in [0.717, 1.165) is 49.9 Å². The van der Waals surface area contributed by atoms with Gasteiger partial charge in [0.2, 0.25) is 11.8 Å². The lowest BCUT2D eigenvalue weighted by Gasteiger charge is -2.36. The van der Waals surface area contributed by atoms with Crippen molar-refractivity contribution in [1.29, 1.82) is 5.26 Å². The summed E-state index contributed by atoms with van der Waals surface area (Å²) in [5.41, 5.74) is 3.87. The maximum atomic E-state index is 13.8. The first-order valence-corrected chi connectivity index (χ1v) is 25.1. The summed E-state index contributed by atoms with van der Waals surface area (Å²) in [6.07, 6.45) is -4.03. The third-order valence-corrected chi connectivity index (χ3v) is 14.4. The van der Waals surface area contributed by atoms with Gasteiger partial charge in [0, 0.05) is 31.4 Å². The normalized spacial score (nSPS) is 18.0. The van der Waals surface area contributed by atoms with Gasteiger partial charge in [-0.2, -0.15) is 18.4 Å². The number of carbonyl (C=O) groups excluding carboxylic acids is 3. The molecule has 5 aromatic rings. The minimum absolute atomic E-state index is 0.0138. The lowest BCUT2D eigenvalue weighted by atomic mass is 9.86. The Hall–Kier alpha value is -6.23. The molecule has 0 bridgehead atoms. The largest absolute Gasteiger partial charge is 0.494 e. The predicted octanol–water partition coefficient (Wildman–Crippen LogP) is 9.44. The number of benzene rings is 4. The number of anilines is 2. The second-order valence-electron chi connectivity index (χ2n) is 19.9. The highest BCUT2D eigenvalue weighted by Crippen LogP contribution is 2.40. The number of ether oxygens (including phenoxy) is 2. The summed E-state index contributed by atoms with van der Waals surface area (Å²) in [4.78, 5) is 50.5. The first-order valence-electron chi connectivity index (χ1n) is 23.8. The van der Waals surface area contributed by atoms with E-state index in [2.05, 4.69) is 15.6 Å². The number of rotatable bonds is 18. The number of thiazole rings is 1. The van der Waals surface area contributed by atoms with Crippen LogP contribution in [0.3, 0.4) is 0 Å². The molecule has 3 amide bonds. The van der Waals surface area contributed by atoms with E-state index >= 15 is 0 Å². The van der Waals surface area contributed by atoms with Crippen LogP contribution in [0.5, 0.6) is 5.75 Å². The molecule has 4 aromatic carbocycles. The number of nitrogens with one attached hydrogen (secondary N) is 2. The molecule has 0 spiro atoms. The summed E-state index contributed by atoms with van der Waals surface area (Å²) in [5, 5.41) is 26.1. The fourth-order valence-electron chi connectivity index (χ4n) is 8.89. The number of β-amino-alcohol motifs (C(OH)–C–C–N with tert-alkyl or cyclic N) is 1. The number of hydrogen-bond acceptors (Lipinski definition) is 11. The van der Waals surface area contributed by atoms with Crippen LogP contribution in [-0.4, -0.2) is 94.0 Å². The molecule has 18 heteroatoms. The van der Waals surface area contributed by atoms with Crippen LogP contribution in [0.1, 0.15) is 83.2 Å². The van der Waals surface area contributed by atoms with Crippen molar-refractivity contribution in [2.75, 3.05) is 36.1 Å². The van der Waals surface area contributed by atoms with Crippen LogP contribution in [0, 0.1) is 23.7 Å². The number of halogens is 3. The highest BCUT2D eigenvalue weighted by atomic mass is 32.1. The summed E-state index contributed by atoms with van der Waals surface area (Å²) in [6, 6.07) is 26.8. The van der Waals surface area contributed by atoms with Gasteiger partial charge < -0.3 is 30.1 Å². The Balaban J connectivity index is 0.843. The zero-order chi connectivity index (χ0) is 52.1. The second kappa shape index (κ2) is 22.3. The van der Waals surface area contributed by atoms with Gasteiger partial charge in [0.1, 0.15) is 17.9 Å². The van der Waals surface area contributed by atoms with E-state index in [0.29, 0.717) is 56.9 Å². The zero-order valence-electron chi connectivity index (χ0n) is 41.4. The number of amides is 3. The second-order valence-corrected chi connectivity index (χ2v) is 21.1. The average molecular weight is 1020 g/mol. The highest BCUT2D eigenvalue weighted by Gasteiger charge is 2.51. The Bertz CT molecular complexity index is 2790. The van der Waals surface area contributed by atoms with Crippen LogP contribution >= 0.6 is 23.6 Å². The summed E-state index contributed by atoms with van der Waals surface area (Å²) in [6.45, 7) is 14.6. The van der Waals surface area contributed by atoms with E-state index in [1.807, 2.05) is 106 Å². The molecule has 380 valence electrons. The molecule has 13 nitrogen and oxygen atoms in total.